The van der Waals surface area contributed by atoms with E-state index in [1.165, 1.54) is 0 Å². The van der Waals surface area contributed by atoms with Crippen LogP contribution in [-0.4, -0.2) is 4.92 Å². The molecule has 0 amide bonds. The normalized spacial score (nSPS) is 11.6. The summed E-state index contributed by atoms with van der Waals surface area (Å²) in [7, 11) is 0. The molecule has 0 N–H and O–H groups in total. The molecule has 1 aromatic rings. The van der Waals surface area contributed by atoms with Crippen LogP contribution < -0.4 is 0 Å². The monoisotopic (exact) mass is 317 g/mol. The Hall–Kier alpha value is -0.820. The zero-order valence-electron chi connectivity index (χ0n) is 7.52. The Morgan fingerprint density at radius 1 is 1.44 bits per heavy atom. The van der Waals surface area contributed by atoms with Gasteiger partial charge in [-0.25, -0.2) is 0 Å². The van der Waals surface area contributed by atoms with E-state index in [0.29, 0.717) is 6.07 Å². The molecule has 8 heteroatoms. The number of rotatable bonds is 2. The molecule has 88 valence electrons. The highest BCUT2D eigenvalue weighted by Crippen LogP contribution is 2.37. The van der Waals surface area contributed by atoms with Crippen LogP contribution in [0.4, 0.5) is 18.9 Å². The van der Waals surface area contributed by atoms with Crippen molar-refractivity contribution in [2.24, 2.45) is 0 Å². The predicted molar refractivity (Wildman–Crippen MR) is 55.4 cm³/mol. The molecule has 0 saturated heterocycles. The zero-order chi connectivity index (χ0) is 12.5. The van der Waals surface area contributed by atoms with E-state index in [1.54, 1.807) is 0 Å². The van der Waals surface area contributed by atoms with Crippen molar-refractivity contribution >= 4 is 33.2 Å². The van der Waals surface area contributed by atoms with E-state index in [0.717, 1.165) is 6.07 Å². The summed E-state index contributed by atoms with van der Waals surface area (Å²) >= 11 is 8.26. The molecule has 0 unspecified atom stereocenters. The smallest absolute Gasteiger partial charge is 0.258 e. The number of halogens is 5. The lowest BCUT2D eigenvalue weighted by Crippen LogP contribution is -2.07. The Morgan fingerprint density at radius 3 is 2.38 bits per heavy atom. The van der Waals surface area contributed by atoms with Crippen molar-refractivity contribution in [2.75, 3.05) is 0 Å². The van der Waals surface area contributed by atoms with E-state index in [9.17, 15) is 23.3 Å². The molecule has 0 aromatic heterocycles. The van der Waals surface area contributed by atoms with Crippen LogP contribution >= 0.6 is 27.5 Å². The minimum atomic E-state index is -4.63. The van der Waals surface area contributed by atoms with Gasteiger partial charge in [-0.05, 0) is 27.6 Å². The summed E-state index contributed by atoms with van der Waals surface area (Å²) in [5.41, 5.74) is -1.70. The molecule has 0 radical (unpaired) electrons. The van der Waals surface area contributed by atoms with Gasteiger partial charge >= 0.3 is 6.18 Å². The minimum Gasteiger partial charge on any atom is -0.258 e. The van der Waals surface area contributed by atoms with Gasteiger partial charge in [-0.3, -0.25) is 10.1 Å². The molecule has 0 fully saturated rings. The van der Waals surface area contributed by atoms with Crippen LogP contribution in [0, 0.1) is 10.1 Å². The number of hydrogen-bond acceptors (Lipinski definition) is 2. The Labute approximate surface area is 101 Å². The van der Waals surface area contributed by atoms with Gasteiger partial charge < -0.3 is 0 Å². The van der Waals surface area contributed by atoms with E-state index in [2.05, 4.69) is 15.9 Å². The number of alkyl halides is 4. The third kappa shape index (κ3) is 2.65. The number of hydrogen-bond donors (Lipinski definition) is 0. The van der Waals surface area contributed by atoms with Gasteiger partial charge in [0.15, 0.2) is 0 Å². The Balaban J connectivity index is 3.46. The van der Waals surface area contributed by atoms with Gasteiger partial charge in [0.2, 0.25) is 0 Å². The first kappa shape index (κ1) is 13.2. The van der Waals surface area contributed by atoms with Crippen LogP contribution in [0.3, 0.4) is 0 Å². The SMILES string of the molecule is O=[N+]([O-])c1cc(C(F)(F)F)cc(CCl)c1Br. The third-order valence-electron chi connectivity index (χ3n) is 1.80. The van der Waals surface area contributed by atoms with Crippen LogP contribution in [0.1, 0.15) is 11.1 Å². The molecule has 0 aliphatic carbocycles. The quantitative estimate of drug-likeness (QED) is 0.468. The molecular formula is C8H4BrClF3NO2. The minimum absolute atomic E-state index is 0.0273. The first-order valence-electron chi connectivity index (χ1n) is 3.87. The number of nitrogens with zero attached hydrogens (tertiary/aromatic N) is 1. The Bertz CT molecular complexity index is 436. The number of nitro benzene ring substituents is 1. The average molecular weight is 318 g/mol. The fourth-order valence-corrected chi connectivity index (χ4v) is 1.95. The van der Waals surface area contributed by atoms with Gasteiger partial charge in [-0.15, -0.1) is 11.6 Å². The van der Waals surface area contributed by atoms with Crippen molar-refractivity contribution in [1.82, 2.24) is 0 Å². The molecule has 16 heavy (non-hydrogen) atoms. The Kier molecular flexibility index (Phi) is 3.80. The maximum Gasteiger partial charge on any atom is 0.416 e. The molecule has 3 nitrogen and oxygen atoms in total. The maximum atomic E-state index is 12.4. The first-order chi connectivity index (χ1) is 7.27. The van der Waals surface area contributed by atoms with Crippen LogP contribution in [0.15, 0.2) is 16.6 Å². The standard InChI is InChI=1S/C8H4BrClF3NO2/c9-7-4(3-10)1-5(8(11,12)13)2-6(7)14(15)16/h1-2H,3H2. The van der Waals surface area contributed by atoms with Crippen LogP contribution in [-0.2, 0) is 12.1 Å². The topological polar surface area (TPSA) is 43.1 Å². The first-order valence-corrected chi connectivity index (χ1v) is 5.20. The molecule has 0 spiro atoms. The van der Waals surface area contributed by atoms with Gasteiger partial charge in [0.1, 0.15) is 0 Å². The summed E-state index contributed by atoms with van der Waals surface area (Å²) in [6, 6.07) is 1.25. The highest BCUT2D eigenvalue weighted by molar-refractivity contribution is 9.10. The van der Waals surface area contributed by atoms with Gasteiger partial charge in [0.05, 0.1) is 15.0 Å². The lowest BCUT2D eigenvalue weighted by atomic mass is 10.1. The van der Waals surface area contributed by atoms with Crippen molar-refractivity contribution < 1.29 is 18.1 Å². The zero-order valence-corrected chi connectivity index (χ0v) is 9.86. The average Bonchev–Trinajstić information content (AvgIpc) is 2.15. The Morgan fingerprint density at radius 2 is 2.00 bits per heavy atom. The summed E-state index contributed by atoms with van der Waals surface area (Å²) in [5, 5.41) is 10.5. The largest absolute Gasteiger partial charge is 0.416 e. The van der Waals surface area contributed by atoms with E-state index >= 15 is 0 Å². The van der Waals surface area contributed by atoms with Crippen molar-refractivity contribution in [3.05, 3.63) is 37.8 Å². The highest BCUT2D eigenvalue weighted by Gasteiger charge is 2.34. The second-order valence-corrected chi connectivity index (χ2v) is 3.92. The molecule has 0 atom stereocenters. The number of nitro groups is 1. The van der Waals surface area contributed by atoms with Crippen molar-refractivity contribution in [2.45, 2.75) is 12.1 Å². The van der Waals surface area contributed by atoms with Crippen molar-refractivity contribution in [3.8, 4) is 0 Å². The summed E-state index contributed by atoms with van der Waals surface area (Å²) in [6.45, 7) is 0. The molecular weight excluding hydrogens is 314 g/mol. The lowest BCUT2D eigenvalue weighted by molar-refractivity contribution is -0.386. The second-order valence-electron chi connectivity index (χ2n) is 2.86. The molecule has 0 aliphatic heterocycles. The summed E-state index contributed by atoms with van der Waals surface area (Å²) in [6.07, 6.45) is -4.63. The third-order valence-corrected chi connectivity index (χ3v) is 3.00. The summed E-state index contributed by atoms with van der Waals surface area (Å²) in [5.74, 6) is -0.245. The summed E-state index contributed by atoms with van der Waals surface area (Å²) < 4.78 is 37.2. The van der Waals surface area contributed by atoms with Crippen LogP contribution in [0.5, 0.6) is 0 Å². The lowest BCUT2D eigenvalue weighted by Gasteiger charge is -2.09. The molecule has 0 heterocycles. The highest BCUT2D eigenvalue weighted by atomic mass is 79.9. The fraction of sp³-hybridized carbons (Fsp3) is 0.250. The van der Waals surface area contributed by atoms with Gasteiger partial charge in [-0.2, -0.15) is 13.2 Å². The van der Waals surface area contributed by atoms with E-state index in [1.807, 2.05) is 0 Å². The van der Waals surface area contributed by atoms with Gasteiger partial charge in [-0.1, -0.05) is 0 Å². The van der Waals surface area contributed by atoms with Crippen LogP contribution in [0.25, 0.3) is 0 Å². The van der Waals surface area contributed by atoms with E-state index < -0.39 is 22.4 Å². The molecule has 1 aromatic carbocycles. The van der Waals surface area contributed by atoms with E-state index in [4.69, 9.17) is 11.6 Å². The van der Waals surface area contributed by atoms with Crippen molar-refractivity contribution in [1.29, 1.82) is 0 Å². The predicted octanol–water partition coefficient (Wildman–Crippen LogP) is 4.11. The number of benzene rings is 1. The van der Waals surface area contributed by atoms with E-state index in [-0.39, 0.29) is 15.9 Å². The molecule has 0 saturated carbocycles. The molecule has 0 bridgehead atoms. The second kappa shape index (κ2) is 4.58. The van der Waals surface area contributed by atoms with Gasteiger partial charge in [0.25, 0.3) is 5.69 Å². The fourth-order valence-electron chi connectivity index (χ4n) is 1.06. The van der Waals surface area contributed by atoms with Gasteiger partial charge in [0, 0.05) is 11.9 Å². The van der Waals surface area contributed by atoms with Crippen molar-refractivity contribution in [3.63, 3.8) is 0 Å². The van der Waals surface area contributed by atoms with Crippen LogP contribution in [0.2, 0.25) is 0 Å². The maximum absolute atomic E-state index is 12.4. The molecule has 1 rings (SSSR count). The molecule has 0 aliphatic rings. The summed E-state index contributed by atoms with van der Waals surface area (Å²) in [4.78, 5) is 9.64.